The first-order chi connectivity index (χ1) is 10.1. The summed E-state index contributed by atoms with van der Waals surface area (Å²) >= 11 is 5.87. The fourth-order valence-electron chi connectivity index (χ4n) is 1.85. The van der Waals surface area contributed by atoms with E-state index in [0.717, 1.165) is 0 Å². The monoisotopic (exact) mass is 308 g/mol. The van der Waals surface area contributed by atoms with Crippen molar-refractivity contribution >= 4 is 17.3 Å². The smallest absolute Gasteiger partial charge is 0.387 e. The van der Waals surface area contributed by atoms with Crippen LogP contribution >= 0.6 is 11.6 Å². The van der Waals surface area contributed by atoms with Gasteiger partial charge in [-0.3, -0.25) is 0 Å². The topological polar surface area (TPSA) is 45.0 Å². The first-order valence-electron chi connectivity index (χ1n) is 6.05. The van der Waals surface area contributed by atoms with Gasteiger partial charge in [-0.15, -0.1) is 0 Å². The van der Waals surface area contributed by atoms with E-state index in [9.17, 15) is 14.0 Å². The molecule has 0 aliphatic heterocycles. The molecule has 1 N–H and O–H groups in total. The molecule has 0 heterocycles. The Kier molecular flexibility index (Phi) is 4.96. The predicted octanol–water partition coefficient (Wildman–Crippen LogP) is 4.62. The van der Waals surface area contributed by atoms with E-state index in [1.807, 2.05) is 6.07 Å². The molecular formula is C15H11ClF2N2O. The minimum absolute atomic E-state index is 0.0337. The van der Waals surface area contributed by atoms with Crippen molar-refractivity contribution in [1.29, 1.82) is 5.26 Å². The van der Waals surface area contributed by atoms with Gasteiger partial charge in [-0.05, 0) is 24.3 Å². The summed E-state index contributed by atoms with van der Waals surface area (Å²) in [6.07, 6.45) is 0. The van der Waals surface area contributed by atoms with Gasteiger partial charge in [0.1, 0.15) is 11.8 Å². The highest BCUT2D eigenvalue weighted by Gasteiger charge is 2.17. The van der Waals surface area contributed by atoms with Gasteiger partial charge in [-0.2, -0.15) is 14.0 Å². The van der Waals surface area contributed by atoms with Crippen molar-refractivity contribution in [3.05, 3.63) is 59.1 Å². The molecule has 0 fully saturated rings. The zero-order valence-electron chi connectivity index (χ0n) is 10.8. The summed E-state index contributed by atoms with van der Waals surface area (Å²) in [7, 11) is 0. The number of alkyl halides is 2. The lowest BCUT2D eigenvalue weighted by Gasteiger charge is -2.17. The maximum atomic E-state index is 12.4. The van der Waals surface area contributed by atoms with Crippen LogP contribution < -0.4 is 10.1 Å². The van der Waals surface area contributed by atoms with Crippen LogP contribution in [0.25, 0.3) is 0 Å². The molecule has 0 aliphatic carbocycles. The maximum Gasteiger partial charge on any atom is 0.387 e. The maximum absolute atomic E-state index is 12.4. The molecule has 108 valence electrons. The van der Waals surface area contributed by atoms with Gasteiger partial charge in [0.25, 0.3) is 0 Å². The first-order valence-corrected chi connectivity index (χ1v) is 6.43. The van der Waals surface area contributed by atoms with Crippen molar-refractivity contribution in [2.24, 2.45) is 0 Å². The second kappa shape index (κ2) is 6.91. The summed E-state index contributed by atoms with van der Waals surface area (Å²) in [5, 5.41) is 12.7. The second-order valence-electron chi connectivity index (χ2n) is 4.13. The summed E-state index contributed by atoms with van der Waals surface area (Å²) < 4.78 is 29.2. The Morgan fingerprint density at radius 2 is 1.90 bits per heavy atom. The van der Waals surface area contributed by atoms with Crippen molar-refractivity contribution < 1.29 is 13.5 Å². The fraction of sp³-hybridized carbons (Fsp3) is 0.133. The summed E-state index contributed by atoms with van der Waals surface area (Å²) in [5.41, 5.74) is 0.946. The lowest BCUT2D eigenvalue weighted by Crippen LogP contribution is -2.12. The SMILES string of the molecule is N#CC(Nc1cccc(Cl)c1)c1ccccc1OC(F)F. The minimum Gasteiger partial charge on any atom is -0.434 e. The number of hydrogen-bond donors (Lipinski definition) is 1. The molecule has 0 saturated carbocycles. The van der Waals surface area contributed by atoms with Crippen LogP contribution in [0.5, 0.6) is 5.75 Å². The fourth-order valence-corrected chi connectivity index (χ4v) is 2.04. The summed E-state index contributed by atoms with van der Waals surface area (Å²) in [6, 6.07) is 14.1. The van der Waals surface area contributed by atoms with E-state index in [1.54, 1.807) is 42.5 Å². The van der Waals surface area contributed by atoms with Gasteiger partial charge in [0.2, 0.25) is 0 Å². The van der Waals surface area contributed by atoms with Gasteiger partial charge in [-0.1, -0.05) is 35.9 Å². The van der Waals surface area contributed by atoms with E-state index >= 15 is 0 Å². The molecule has 0 amide bonds. The largest absolute Gasteiger partial charge is 0.434 e. The van der Waals surface area contributed by atoms with Crippen LogP contribution in [0.4, 0.5) is 14.5 Å². The number of rotatable bonds is 5. The Labute approximate surface area is 125 Å². The highest BCUT2D eigenvalue weighted by atomic mass is 35.5. The van der Waals surface area contributed by atoms with Crippen LogP contribution in [-0.2, 0) is 0 Å². The minimum atomic E-state index is -2.95. The van der Waals surface area contributed by atoms with Crippen LogP contribution in [-0.4, -0.2) is 6.61 Å². The number of hydrogen-bond acceptors (Lipinski definition) is 3. The number of nitrogens with one attached hydrogen (secondary N) is 1. The standard InChI is InChI=1S/C15H11ClF2N2O/c16-10-4-3-5-11(8-10)20-13(9-19)12-6-1-2-7-14(12)21-15(17)18/h1-8,13,15,20H. The first kappa shape index (κ1) is 15.1. The molecule has 0 aliphatic rings. The Balaban J connectivity index is 2.28. The van der Waals surface area contributed by atoms with Crippen molar-refractivity contribution in [1.82, 2.24) is 0 Å². The highest BCUT2D eigenvalue weighted by molar-refractivity contribution is 6.30. The molecule has 6 heteroatoms. The zero-order chi connectivity index (χ0) is 15.2. The third-order valence-corrected chi connectivity index (χ3v) is 2.95. The van der Waals surface area contributed by atoms with Gasteiger partial charge >= 0.3 is 6.61 Å². The number of para-hydroxylation sites is 1. The molecule has 1 atom stereocenters. The van der Waals surface area contributed by atoms with E-state index in [4.69, 9.17) is 11.6 Å². The number of benzene rings is 2. The van der Waals surface area contributed by atoms with Crippen molar-refractivity contribution in [2.45, 2.75) is 12.7 Å². The van der Waals surface area contributed by atoms with Crippen molar-refractivity contribution in [3.8, 4) is 11.8 Å². The molecule has 0 radical (unpaired) electrons. The van der Waals surface area contributed by atoms with Crippen LogP contribution in [0.2, 0.25) is 5.02 Å². The van der Waals surface area contributed by atoms with Crippen molar-refractivity contribution in [3.63, 3.8) is 0 Å². The summed E-state index contributed by atoms with van der Waals surface area (Å²) in [5.74, 6) is -0.0337. The van der Waals surface area contributed by atoms with Crippen molar-refractivity contribution in [2.75, 3.05) is 5.32 Å². The zero-order valence-corrected chi connectivity index (χ0v) is 11.5. The van der Waals surface area contributed by atoms with E-state index in [2.05, 4.69) is 10.1 Å². The van der Waals surface area contributed by atoms with E-state index < -0.39 is 12.7 Å². The molecule has 2 aromatic carbocycles. The van der Waals surface area contributed by atoms with Gasteiger partial charge in [0.05, 0.1) is 6.07 Å². The van der Waals surface area contributed by atoms with Gasteiger partial charge in [0.15, 0.2) is 0 Å². The molecule has 0 aromatic heterocycles. The van der Waals surface area contributed by atoms with Gasteiger partial charge in [-0.25, -0.2) is 0 Å². The molecule has 0 bridgehead atoms. The molecule has 1 unspecified atom stereocenters. The molecule has 21 heavy (non-hydrogen) atoms. The number of nitriles is 1. The number of ether oxygens (including phenoxy) is 1. The quantitative estimate of drug-likeness (QED) is 0.876. The molecule has 3 nitrogen and oxygen atoms in total. The van der Waals surface area contributed by atoms with Crippen LogP contribution in [0.3, 0.4) is 0 Å². The average molecular weight is 309 g/mol. The van der Waals surface area contributed by atoms with E-state index in [0.29, 0.717) is 16.3 Å². The molecule has 2 aromatic rings. The summed E-state index contributed by atoms with van der Waals surface area (Å²) in [6.45, 7) is -2.95. The van der Waals surface area contributed by atoms with Gasteiger partial charge in [0, 0.05) is 16.3 Å². The third-order valence-electron chi connectivity index (χ3n) is 2.71. The Bertz CT molecular complexity index is 658. The second-order valence-corrected chi connectivity index (χ2v) is 4.57. The van der Waals surface area contributed by atoms with Gasteiger partial charge < -0.3 is 10.1 Å². The van der Waals surface area contributed by atoms with E-state index in [-0.39, 0.29) is 5.75 Å². The molecule has 0 saturated heterocycles. The highest BCUT2D eigenvalue weighted by Crippen LogP contribution is 2.29. The van der Waals surface area contributed by atoms with Crippen LogP contribution in [0, 0.1) is 11.3 Å². The number of halogens is 3. The molecule has 2 rings (SSSR count). The number of nitrogens with zero attached hydrogens (tertiary/aromatic N) is 1. The normalized spacial score (nSPS) is 11.8. The van der Waals surface area contributed by atoms with E-state index in [1.165, 1.54) is 6.07 Å². The lowest BCUT2D eigenvalue weighted by atomic mass is 10.1. The Morgan fingerprint density at radius 1 is 1.14 bits per heavy atom. The van der Waals surface area contributed by atoms with Crippen LogP contribution in [0.1, 0.15) is 11.6 Å². The summed E-state index contributed by atoms with van der Waals surface area (Å²) in [4.78, 5) is 0. The predicted molar refractivity (Wildman–Crippen MR) is 76.5 cm³/mol. The van der Waals surface area contributed by atoms with Crippen LogP contribution in [0.15, 0.2) is 48.5 Å². The number of anilines is 1. The third kappa shape index (κ3) is 4.07. The molecular weight excluding hydrogens is 298 g/mol. The average Bonchev–Trinajstić information content (AvgIpc) is 2.45. The lowest BCUT2D eigenvalue weighted by molar-refractivity contribution is -0.0504. The Morgan fingerprint density at radius 3 is 2.57 bits per heavy atom. The Hall–Kier alpha value is -2.32. The molecule has 0 spiro atoms.